The van der Waals surface area contributed by atoms with Crippen LogP contribution in [-0.4, -0.2) is 0 Å². The Morgan fingerprint density at radius 3 is 1.06 bits per heavy atom. The van der Waals surface area contributed by atoms with Crippen LogP contribution in [0.3, 0.4) is 0 Å². The van der Waals surface area contributed by atoms with E-state index >= 15 is 0 Å². The number of hydrogen-bond donors (Lipinski definition) is 0. The van der Waals surface area contributed by atoms with Crippen LogP contribution in [0.1, 0.15) is 22.3 Å². The first-order chi connectivity index (χ1) is 40.2. The number of fused-ring (bicyclic) bond motifs is 14. The Balaban J connectivity index is 0.993. The molecule has 0 aromatic heterocycles. The van der Waals surface area contributed by atoms with Crippen LogP contribution >= 0.6 is 0 Å². The summed E-state index contributed by atoms with van der Waals surface area (Å²) in [5.74, 6) is 0. The third-order valence-corrected chi connectivity index (χ3v) is 18.6. The van der Waals surface area contributed by atoms with Crippen LogP contribution in [0, 0.1) is 22.7 Å². The van der Waals surface area contributed by atoms with Crippen molar-refractivity contribution in [2.24, 2.45) is 0 Å². The van der Waals surface area contributed by atoms with Crippen molar-refractivity contribution in [1.82, 2.24) is 0 Å². The summed E-state index contributed by atoms with van der Waals surface area (Å²) in [5, 5.41) is 48.3. The average Bonchev–Trinajstić information content (AvgIpc) is 1.88. The SMILES string of the molecule is N#Cc1ccc2c3c(-c4ccccc4)c4c5c6c7c(ccc6c4c(-c4ccccc4)c3c3cccc1c23)-c1ccc2c3c(-c4ccccc4)c4c6cccc8c(C#N)ccc(c4c(-c4ccccc4)c3c3ccc(c1c32)C(=C=7)C=C5)c86. The third-order valence-electron chi connectivity index (χ3n) is 18.6. The van der Waals surface area contributed by atoms with Gasteiger partial charge in [-0.25, -0.2) is 0 Å². The fraction of sp³-hybridized carbons (Fsp3) is 0. The first-order valence-electron chi connectivity index (χ1n) is 27.8. The molecule has 0 heterocycles. The van der Waals surface area contributed by atoms with E-state index in [-0.39, 0.29) is 0 Å². The van der Waals surface area contributed by atoms with E-state index in [9.17, 15) is 10.5 Å². The van der Waals surface area contributed by atoms with Gasteiger partial charge in [0, 0.05) is 27.0 Å². The molecule has 2 bridgehead atoms. The smallest absolute Gasteiger partial charge is 0.0998 e. The molecule has 17 aromatic carbocycles. The maximum Gasteiger partial charge on any atom is 0.0998 e. The zero-order valence-electron chi connectivity index (χ0n) is 43.3. The van der Waals surface area contributed by atoms with Gasteiger partial charge in [-0.2, -0.15) is 10.5 Å². The van der Waals surface area contributed by atoms with Crippen LogP contribution in [0.4, 0.5) is 0 Å². The summed E-state index contributed by atoms with van der Waals surface area (Å²) in [6.07, 6.45) is 4.76. The highest BCUT2D eigenvalue weighted by atomic mass is 14.4. The van der Waals surface area contributed by atoms with Crippen molar-refractivity contribution in [3.05, 3.63) is 252 Å². The Bertz CT molecular complexity index is 5850. The molecule has 0 unspecified atom stereocenters. The standard InChI is InChI=1S/C79H38N2/c80-40-47-28-31-56-67-49(47)23-13-25-54(67)72-63(42-15-5-1-6-16-42)77-59-37-34-52-53-35-38-61-71-60(36-33-51(70(53)71)46-27-30-58(69(59)62(52)39-46)76(77)65(74(56)72)44-19-9-3-10-20-44)78-66(45-21-11-4-12-22-45)75-57-32-29-48(41-81)50-24-14-26-55(68(50)57)73(75)64(79(61)78)43-17-7-2-8-18-43/h1-38H. The van der Waals surface area contributed by atoms with Crippen LogP contribution in [0.15, 0.2) is 224 Å². The van der Waals surface area contributed by atoms with Crippen LogP contribution in [0.5, 0.6) is 0 Å². The summed E-state index contributed by atoms with van der Waals surface area (Å²) < 4.78 is 0. The monoisotopic (exact) mass is 1010 g/mol. The molecule has 0 N–H and O–H groups in total. The van der Waals surface area contributed by atoms with Gasteiger partial charge in [0.05, 0.1) is 23.3 Å². The largest absolute Gasteiger partial charge is 0.192 e. The summed E-state index contributed by atoms with van der Waals surface area (Å²) in [7, 11) is 0. The molecule has 2 nitrogen and oxygen atoms in total. The summed E-state index contributed by atoms with van der Waals surface area (Å²) in [6.45, 7) is 0. The van der Waals surface area contributed by atoms with Crippen molar-refractivity contribution in [2.45, 2.75) is 0 Å². The molecule has 0 amide bonds. The summed E-state index contributed by atoms with van der Waals surface area (Å²) >= 11 is 0. The molecule has 364 valence electrons. The Kier molecular flexibility index (Phi) is 8.13. The lowest BCUT2D eigenvalue weighted by molar-refractivity contribution is 1.51. The second-order valence-corrected chi connectivity index (χ2v) is 22.2. The zero-order chi connectivity index (χ0) is 52.9. The van der Waals surface area contributed by atoms with Gasteiger partial charge in [0.2, 0.25) is 0 Å². The molecule has 2 heteroatoms. The second-order valence-electron chi connectivity index (χ2n) is 22.2. The third kappa shape index (κ3) is 5.22. The van der Waals surface area contributed by atoms with Crippen LogP contribution in [0.25, 0.3) is 192 Å². The first kappa shape index (κ1) is 42.9. The number of rotatable bonds is 4. The maximum atomic E-state index is 10.5. The minimum atomic E-state index is 0.691. The van der Waals surface area contributed by atoms with E-state index in [1.807, 2.05) is 12.1 Å². The van der Waals surface area contributed by atoms with E-state index in [4.69, 9.17) is 0 Å². The van der Waals surface area contributed by atoms with Gasteiger partial charge in [0.25, 0.3) is 0 Å². The number of hydrogen-bond acceptors (Lipinski definition) is 2. The maximum absolute atomic E-state index is 10.5. The van der Waals surface area contributed by atoms with E-state index in [1.165, 1.54) is 153 Å². The highest BCUT2D eigenvalue weighted by Crippen LogP contribution is 2.59. The van der Waals surface area contributed by atoms with Crippen molar-refractivity contribution < 1.29 is 0 Å². The Morgan fingerprint density at radius 2 is 0.605 bits per heavy atom. The van der Waals surface area contributed by atoms with Crippen molar-refractivity contribution in [2.75, 3.05) is 0 Å². The van der Waals surface area contributed by atoms with Gasteiger partial charge in [-0.15, -0.1) is 5.73 Å². The van der Waals surface area contributed by atoms with E-state index in [0.717, 1.165) is 43.5 Å². The molecule has 0 radical (unpaired) electrons. The lowest BCUT2D eigenvalue weighted by Gasteiger charge is -2.16. The minimum absolute atomic E-state index is 0.691. The number of benzene rings is 13. The van der Waals surface area contributed by atoms with Crippen molar-refractivity contribution in [3.63, 3.8) is 0 Å². The molecule has 2 aliphatic carbocycles. The van der Waals surface area contributed by atoms with Gasteiger partial charge in [0.1, 0.15) is 0 Å². The topological polar surface area (TPSA) is 47.6 Å². The highest BCUT2D eigenvalue weighted by molar-refractivity contribution is 6.48. The fourth-order valence-corrected chi connectivity index (χ4v) is 15.7. The minimum Gasteiger partial charge on any atom is -0.192 e. The van der Waals surface area contributed by atoms with Crippen LogP contribution in [0.2, 0.25) is 0 Å². The Labute approximate surface area is 463 Å². The van der Waals surface area contributed by atoms with Gasteiger partial charge in [-0.05, 0) is 187 Å². The van der Waals surface area contributed by atoms with Gasteiger partial charge >= 0.3 is 0 Å². The summed E-state index contributed by atoms with van der Waals surface area (Å²) in [5.41, 5.74) is 21.0. The van der Waals surface area contributed by atoms with Crippen LogP contribution < -0.4 is 5.22 Å². The molecule has 81 heavy (non-hydrogen) atoms. The molecule has 0 spiro atoms. The van der Waals surface area contributed by atoms with Crippen molar-refractivity contribution in [3.8, 4) is 67.8 Å². The lowest BCUT2D eigenvalue weighted by atomic mass is 9.87. The van der Waals surface area contributed by atoms with Gasteiger partial charge in [0.15, 0.2) is 0 Å². The van der Waals surface area contributed by atoms with E-state index in [1.54, 1.807) is 0 Å². The molecular weight excluding hydrogens is 977 g/mol. The van der Waals surface area contributed by atoms with Crippen molar-refractivity contribution >= 4 is 136 Å². The normalized spacial score (nSPS) is 12.8. The van der Waals surface area contributed by atoms with E-state index in [2.05, 4.69) is 236 Å². The first-order valence-corrected chi connectivity index (χ1v) is 27.8. The lowest BCUT2D eigenvalue weighted by Crippen LogP contribution is -2.04. The molecule has 2 aliphatic rings. The number of nitriles is 2. The zero-order valence-corrected chi connectivity index (χ0v) is 43.3. The quantitative estimate of drug-likeness (QED) is 0.176. The average molecular weight is 1020 g/mol. The molecule has 0 saturated carbocycles. The van der Waals surface area contributed by atoms with Gasteiger partial charge in [-0.1, -0.05) is 212 Å². The predicted molar refractivity (Wildman–Crippen MR) is 340 cm³/mol. The predicted octanol–water partition coefficient (Wildman–Crippen LogP) is 20.3. The highest BCUT2D eigenvalue weighted by Gasteiger charge is 2.33. The molecule has 17 aromatic rings. The molecule has 0 fully saturated rings. The fourth-order valence-electron chi connectivity index (χ4n) is 15.7. The molecule has 0 aliphatic heterocycles. The molecule has 0 saturated heterocycles. The summed E-state index contributed by atoms with van der Waals surface area (Å²) in [4.78, 5) is 0. The number of allylic oxidation sites excluding steroid dienone is 2. The van der Waals surface area contributed by atoms with Crippen LogP contribution in [-0.2, 0) is 0 Å². The van der Waals surface area contributed by atoms with Crippen molar-refractivity contribution in [1.29, 1.82) is 10.5 Å². The molecule has 19 rings (SSSR count). The second kappa shape index (κ2) is 15.3. The number of nitrogens with zero attached hydrogens (tertiary/aromatic N) is 2. The summed E-state index contributed by atoms with van der Waals surface area (Å²) in [6, 6.07) is 84.9. The van der Waals surface area contributed by atoms with E-state index < -0.39 is 0 Å². The Hall–Kier alpha value is -11.1. The van der Waals surface area contributed by atoms with Gasteiger partial charge in [-0.3, -0.25) is 0 Å². The van der Waals surface area contributed by atoms with Gasteiger partial charge < -0.3 is 0 Å². The van der Waals surface area contributed by atoms with E-state index in [0.29, 0.717) is 11.1 Å². The molecule has 0 atom stereocenters. The Morgan fingerprint density at radius 1 is 0.247 bits per heavy atom. The molecular formula is C79H38N2.